The van der Waals surface area contributed by atoms with Gasteiger partial charge in [0, 0.05) is 24.8 Å². The van der Waals surface area contributed by atoms with Crippen molar-refractivity contribution in [2.45, 2.75) is 57.4 Å². The molecule has 0 aromatic carbocycles. The molecule has 2 heteroatoms. The van der Waals surface area contributed by atoms with Gasteiger partial charge in [-0.15, -0.1) is 0 Å². The zero-order chi connectivity index (χ0) is 11.2. The Morgan fingerprint density at radius 1 is 1.12 bits per heavy atom. The molecule has 0 saturated carbocycles. The molecule has 0 spiro atoms. The van der Waals surface area contributed by atoms with E-state index in [0.29, 0.717) is 0 Å². The van der Waals surface area contributed by atoms with Crippen LogP contribution in [0.1, 0.15) is 51.4 Å². The topological polar surface area (TPSA) is 15.3 Å². The average Bonchev–Trinajstić information content (AvgIpc) is 2.29. The van der Waals surface area contributed by atoms with E-state index in [4.69, 9.17) is 0 Å². The van der Waals surface area contributed by atoms with Crippen LogP contribution in [0, 0.1) is 0 Å². The van der Waals surface area contributed by atoms with E-state index < -0.39 is 0 Å². The highest BCUT2D eigenvalue weighted by molar-refractivity contribution is 5.03. The molecule has 0 atom stereocenters. The van der Waals surface area contributed by atoms with Crippen LogP contribution in [-0.2, 0) is 0 Å². The number of hydrogen-bond acceptors (Lipinski definition) is 2. The summed E-state index contributed by atoms with van der Waals surface area (Å²) in [5.41, 5.74) is 1.65. The fourth-order valence-electron chi connectivity index (χ4n) is 2.92. The number of nitrogens with zero attached hydrogens (tertiary/aromatic N) is 1. The Balaban J connectivity index is 1.86. The van der Waals surface area contributed by atoms with E-state index in [1.165, 1.54) is 64.5 Å². The highest BCUT2D eigenvalue weighted by atomic mass is 15.1. The molecule has 92 valence electrons. The van der Waals surface area contributed by atoms with Gasteiger partial charge in [0.1, 0.15) is 0 Å². The van der Waals surface area contributed by atoms with Crippen LogP contribution in [0.25, 0.3) is 0 Å². The molecule has 0 aromatic heterocycles. The molecule has 0 aromatic rings. The highest BCUT2D eigenvalue weighted by Gasteiger charge is 2.19. The summed E-state index contributed by atoms with van der Waals surface area (Å²) in [4.78, 5) is 2.64. The number of allylic oxidation sites excluding steroid dienone is 2. The molecule has 1 aliphatic heterocycles. The first kappa shape index (κ1) is 12.0. The second-order valence-corrected chi connectivity index (χ2v) is 5.20. The van der Waals surface area contributed by atoms with E-state index in [1.807, 2.05) is 0 Å². The maximum atomic E-state index is 3.40. The van der Waals surface area contributed by atoms with Gasteiger partial charge in [-0.1, -0.05) is 18.9 Å². The molecule has 1 saturated heterocycles. The van der Waals surface area contributed by atoms with Crippen molar-refractivity contribution in [3.05, 3.63) is 11.8 Å². The summed E-state index contributed by atoms with van der Waals surface area (Å²) in [5.74, 6) is 0. The molecule has 0 amide bonds. The van der Waals surface area contributed by atoms with Crippen molar-refractivity contribution < 1.29 is 0 Å². The number of hydrogen-bond donors (Lipinski definition) is 1. The summed E-state index contributed by atoms with van der Waals surface area (Å²) in [6.07, 6.45) is 13.4. The Labute approximate surface area is 100 Å². The molecular weight excluding hydrogens is 196 g/mol. The predicted octanol–water partition coefficient (Wildman–Crippen LogP) is 2.91. The normalized spacial score (nSPS) is 28.1. The largest absolute Gasteiger partial charge is 0.375 e. The summed E-state index contributed by atoms with van der Waals surface area (Å²) >= 11 is 0. The lowest BCUT2D eigenvalue weighted by Crippen LogP contribution is -2.40. The van der Waals surface area contributed by atoms with E-state index in [9.17, 15) is 0 Å². The van der Waals surface area contributed by atoms with Gasteiger partial charge in [0.15, 0.2) is 0 Å². The van der Waals surface area contributed by atoms with Gasteiger partial charge in [-0.25, -0.2) is 0 Å². The monoisotopic (exact) mass is 222 g/mol. The molecule has 1 heterocycles. The van der Waals surface area contributed by atoms with Crippen molar-refractivity contribution >= 4 is 0 Å². The van der Waals surface area contributed by atoms with Crippen LogP contribution in [0.5, 0.6) is 0 Å². The van der Waals surface area contributed by atoms with Crippen molar-refractivity contribution in [3.63, 3.8) is 0 Å². The van der Waals surface area contributed by atoms with Crippen molar-refractivity contribution in [3.8, 4) is 0 Å². The van der Waals surface area contributed by atoms with Crippen molar-refractivity contribution in [2.75, 3.05) is 20.1 Å². The van der Waals surface area contributed by atoms with Gasteiger partial charge in [-0.05, 0) is 45.6 Å². The molecule has 1 aliphatic carbocycles. The quantitative estimate of drug-likeness (QED) is 0.773. The Kier molecular flexibility index (Phi) is 4.70. The lowest BCUT2D eigenvalue weighted by molar-refractivity contribution is 0.238. The number of nitrogens with one attached hydrogen (secondary N) is 1. The zero-order valence-corrected chi connectivity index (χ0v) is 10.7. The minimum absolute atomic E-state index is 0.755. The lowest BCUT2D eigenvalue weighted by atomic mass is 10.00. The maximum absolute atomic E-state index is 3.40. The van der Waals surface area contributed by atoms with E-state index in [-0.39, 0.29) is 0 Å². The van der Waals surface area contributed by atoms with Crippen LogP contribution >= 0.6 is 0 Å². The number of piperidine rings is 1. The summed E-state index contributed by atoms with van der Waals surface area (Å²) in [7, 11) is 2.09. The van der Waals surface area contributed by atoms with E-state index in [0.717, 1.165) is 6.04 Å². The third kappa shape index (κ3) is 3.24. The molecule has 1 N–H and O–H groups in total. The molecule has 1 fully saturated rings. The summed E-state index contributed by atoms with van der Waals surface area (Å²) in [6, 6.07) is 0.755. The van der Waals surface area contributed by atoms with Crippen LogP contribution in [0.3, 0.4) is 0 Å². The third-order valence-electron chi connectivity index (χ3n) is 4.08. The number of rotatable bonds is 2. The van der Waals surface area contributed by atoms with Gasteiger partial charge < -0.3 is 10.2 Å². The fraction of sp³-hybridized carbons (Fsp3) is 0.857. The fourth-order valence-corrected chi connectivity index (χ4v) is 2.92. The van der Waals surface area contributed by atoms with Crippen LogP contribution in [0.15, 0.2) is 11.8 Å². The van der Waals surface area contributed by atoms with Gasteiger partial charge in [0.2, 0.25) is 0 Å². The molecule has 2 rings (SSSR count). The minimum atomic E-state index is 0.755. The first-order valence-corrected chi connectivity index (χ1v) is 7.01. The van der Waals surface area contributed by atoms with Gasteiger partial charge in [-0.2, -0.15) is 0 Å². The zero-order valence-electron chi connectivity index (χ0n) is 10.7. The third-order valence-corrected chi connectivity index (χ3v) is 4.08. The van der Waals surface area contributed by atoms with Gasteiger partial charge in [0.25, 0.3) is 0 Å². The lowest BCUT2D eigenvalue weighted by Gasteiger charge is -2.35. The Morgan fingerprint density at radius 3 is 2.62 bits per heavy atom. The van der Waals surface area contributed by atoms with E-state index in [2.05, 4.69) is 23.3 Å². The van der Waals surface area contributed by atoms with Crippen LogP contribution in [0.4, 0.5) is 0 Å². The predicted molar refractivity (Wildman–Crippen MR) is 69.4 cm³/mol. The molecule has 16 heavy (non-hydrogen) atoms. The Bertz CT molecular complexity index is 227. The first-order chi connectivity index (χ1) is 7.90. The average molecular weight is 222 g/mol. The first-order valence-electron chi connectivity index (χ1n) is 7.01. The summed E-state index contributed by atoms with van der Waals surface area (Å²) in [6.45, 7) is 2.52. The minimum Gasteiger partial charge on any atom is -0.375 e. The molecular formula is C14H26N2. The van der Waals surface area contributed by atoms with Crippen LogP contribution in [-0.4, -0.2) is 31.1 Å². The molecule has 0 radical (unpaired) electrons. The highest BCUT2D eigenvalue weighted by Crippen LogP contribution is 2.23. The Morgan fingerprint density at radius 2 is 1.88 bits per heavy atom. The van der Waals surface area contributed by atoms with E-state index in [1.54, 1.807) is 5.70 Å². The molecule has 0 bridgehead atoms. The maximum Gasteiger partial charge on any atom is 0.0189 e. The Hall–Kier alpha value is -0.500. The van der Waals surface area contributed by atoms with Crippen LogP contribution in [0.2, 0.25) is 0 Å². The SMILES string of the molecule is CNC1CCN(/C2=C/CCCCCC2)CC1. The van der Waals surface area contributed by atoms with E-state index >= 15 is 0 Å². The summed E-state index contributed by atoms with van der Waals surface area (Å²) in [5, 5.41) is 3.40. The van der Waals surface area contributed by atoms with Gasteiger partial charge >= 0.3 is 0 Å². The van der Waals surface area contributed by atoms with Gasteiger partial charge in [-0.3, -0.25) is 0 Å². The molecule has 2 aliphatic rings. The molecule has 0 unspecified atom stereocenters. The molecule has 2 nitrogen and oxygen atoms in total. The van der Waals surface area contributed by atoms with Crippen molar-refractivity contribution in [2.24, 2.45) is 0 Å². The van der Waals surface area contributed by atoms with Gasteiger partial charge in [0.05, 0.1) is 0 Å². The summed E-state index contributed by atoms with van der Waals surface area (Å²) < 4.78 is 0. The standard InChI is InChI=1S/C14H26N2/c1-15-13-9-11-16(12-10-13)14-7-5-3-2-4-6-8-14/h7,13,15H,2-6,8-12H2,1H3/b14-7+. The smallest absolute Gasteiger partial charge is 0.0189 e. The second kappa shape index (κ2) is 6.29. The van der Waals surface area contributed by atoms with Crippen molar-refractivity contribution in [1.82, 2.24) is 10.2 Å². The van der Waals surface area contributed by atoms with Crippen molar-refractivity contribution in [1.29, 1.82) is 0 Å². The van der Waals surface area contributed by atoms with Crippen LogP contribution < -0.4 is 5.32 Å². The number of likely N-dealkylation sites (tertiary alicyclic amines) is 1. The second-order valence-electron chi connectivity index (χ2n) is 5.20.